The minimum atomic E-state index is -0.453. The van der Waals surface area contributed by atoms with Crippen LogP contribution in [0.5, 0.6) is 0 Å². The molecular weight excluding hydrogens is 334 g/mol. The summed E-state index contributed by atoms with van der Waals surface area (Å²) in [7, 11) is 0. The molecule has 0 fully saturated rings. The van der Waals surface area contributed by atoms with Gasteiger partial charge in [-0.15, -0.1) is 11.3 Å². The van der Waals surface area contributed by atoms with Crippen LogP contribution in [0.4, 0.5) is 11.4 Å². The Morgan fingerprint density at radius 1 is 1.58 bits per heavy atom. The fourth-order valence-electron chi connectivity index (χ4n) is 2.36. The molecule has 3 heterocycles. The highest BCUT2D eigenvalue weighted by atomic mass is 32.1. The van der Waals surface area contributed by atoms with E-state index in [-0.39, 0.29) is 30.4 Å². The van der Waals surface area contributed by atoms with Crippen LogP contribution in [-0.4, -0.2) is 41.2 Å². The third-order valence-corrected chi connectivity index (χ3v) is 4.40. The van der Waals surface area contributed by atoms with Crippen LogP contribution in [0.2, 0.25) is 0 Å². The second kappa shape index (κ2) is 6.93. The predicted molar refractivity (Wildman–Crippen MR) is 89.2 cm³/mol. The number of ether oxygens (including phenoxy) is 2. The van der Waals surface area contributed by atoms with Gasteiger partial charge in [-0.1, -0.05) is 12.2 Å². The van der Waals surface area contributed by atoms with E-state index in [1.807, 2.05) is 17.5 Å². The first-order valence-electron chi connectivity index (χ1n) is 7.25. The fourth-order valence-corrected chi connectivity index (χ4v) is 3.21. The van der Waals surface area contributed by atoms with Gasteiger partial charge in [-0.05, 0) is 11.4 Å². The van der Waals surface area contributed by atoms with E-state index in [0.717, 1.165) is 4.70 Å². The van der Waals surface area contributed by atoms with Crippen LogP contribution in [0, 0.1) is 10.1 Å². The molecule has 2 atom stereocenters. The Morgan fingerprint density at radius 2 is 2.42 bits per heavy atom. The van der Waals surface area contributed by atoms with E-state index in [1.54, 1.807) is 6.08 Å². The Labute approximate surface area is 141 Å². The lowest BCUT2D eigenvalue weighted by molar-refractivity contribution is -0.384. The van der Waals surface area contributed by atoms with E-state index in [9.17, 15) is 14.9 Å². The zero-order valence-electron chi connectivity index (χ0n) is 12.8. The van der Waals surface area contributed by atoms with E-state index in [4.69, 9.17) is 9.47 Å². The van der Waals surface area contributed by atoms with E-state index >= 15 is 0 Å². The van der Waals surface area contributed by atoms with Gasteiger partial charge >= 0.3 is 11.7 Å². The van der Waals surface area contributed by atoms with Crippen molar-refractivity contribution in [2.45, 2.75) is 19.1 Å². The number of nitrogens with one attached hydrogen (secondary N) is 1. The Bertz CT molecular complexity index is 804. The summed E-state index contributed by atoms with van der Waals surface area (Å²) in [5, 5.41) is 16.3. The maximum atomic E-state index is 11.3. The number of carbonyl (C=O) groups excluding carboxylic acids is 1. The summed E-state index contributed by atoms with van der Waals surface area (Å²) in [4.78, 5) is 25.7. The Hall–Kier alpha value is -2.52. The van der Waals surface area contributed by atoms with Crippen molar-refractivity contribution in [1.82, 2.24) is 4.98 Å². The smallest absolute Gasteiger partial charge is 0.311 e. The van der Waals surface area contributed by atoms with Gasteiger partial charge in [-0.3, -0.25) is 14.9 Å². The number of carbonyl (C=O) groups is 1. The maximum Gasteiger partial charge on any atom is 0.311 e. The first-order valence-corrected chi connectivity index (χ1v) is 8.13. The van der Waals surface area contributed by atoms with Gasteiger partial charge in [0.05, 0.1) is 27.8 Å². The minimum absolute atomic E-state index is 0.0691. The van der Waals surface area contributed by atoms with Gasteiger partial charge in [0.25, 0.3) is 0 Å². The topological polar surface area (TPSA) is 104 Å². The van der Waals surface area contributed by atoms with E-state index in [1.165, 1.54) is 24.5 Å². The van der Waals surface area contributed by atoms with Crippen molar-refractivity contribution in [3.8, 4) is 0 Å². The van der Waals surface area contributed by atoms with Crippen LogP contribution in [0.15, 0.2) is 29.8 Å². The molecule has 0 aromatic carbocycles. The third kappa shape index (κ3) is 3.52. The van der Waals surface area contributed by atoms with Gasteiger partial charge in [-0.25, -0.2) is 4.98 Å². The molecule has 2 unspecified atom stereocenters. The highest BCUT2D eigenvalue weighted by Gasteiger charge is 2.23. The van der Waals surface area contributed by atoms with Crippen LogP contribution in [0.25, 0.3) is 10.2 Å². The number of aromatic nitrogens is 1. The zero-order chi connectivity index (χ0) is 17.1. The molecule has 2 aromatic heterocycles. The minimum Gasteiger partial charge on any atom is -0.463 e. The molecule has 0 bridgehead atoms. The van der Waals surface area contributed by atoms with Gasteiger partial charge in [0.2, 0.25) is 0 Å². The number of thiophene rings is 1. The highest BCUT2D eigenvalue weighted by Crippen LogP contribution is 2.35. The molecule has 24 heavy (non-hydrogen) atoms. The Morgan fingerprint density at radius 3 is 3.08 bits per heavy atom. The molecule has 9 heteroatoms. The number of nitrogens with zero attached hydrogens (tertiary/aromatic N) is 2. The van der Waals surface area contributed by atoms with E-state index in [2.05, 4.69) is 10.3 Å². The number of pyridine rings is 1. The largest absolute Gasteiger partial charge is 0.463 e. The number of hydrogen-bond acceptors (Lipinski definition) is 8. The molecule has 0 aliphatic carbocycles. The summed E-state index contributed by atoms with van der Waals surface area (Å²) in [5.74, 6) is -0.361. The van der Waals surface area contributed by atoms with Gasteiger partial charge in [-0.2, -0.15) is 0 Å². The SMILES string of the molecule is CC(=O)OCC1C=CC(Nc2c([N+](=O)[O-])cnc3ccsc23)CO1. The normalized spacial score (nSPS) is 20.0. The molecule has 126 valence electrons. The summed E-state index contributed by atoms with van der Waals surface area (Å²) in [6.45, 7) is 1.81. The second-order valence-corrected chi connectivity index (χ2v) is 6.14. The second-order valence-electron chi connectivity index (χ2n) is 5.22. The Balaban J connectivity index is 1.77. The van der Waals surface area contributed by atoms with Crippen LogP contribution < -0.4 is 5.32 Å². The molecule has 3 rings (SSSR count). The highest BCUT2D eigenvalue weighted by molar-refractivity contribution is 7.17. The zero-order valence-corrected chi connectivity index (χ0v) is 13.6. The van der Waals surface area contributed by atoms with E-state index in [0.29, 0.717) is 17.8 Å². The lowest BCUT2D eigenvalue weighted by Gasteiger charge is -2.24. The summed E-state index contributed by atoms with van der Waals surface area (Å²) in [6, 6.07) is 1.60. The molecule has 0 saturated heterocycles. The number of esters is 1. The molecule has 2 aromatic rings. The monoisotopic (exact) mass is 349 g/mol. The summed E-state index contributed by atoms with van der Waals surface area (Å²) in [5.41, 5.74) is 1.08. The Kier molecular flexibility index (Phi) is 4.72. The third-order valence-electron chi connectivity index (χ3n) is 3.48. The molecule has 0 radical (unpaired) electrons. The van der Waals surface area contributed by atoms with Crippen molar-refractivity contribution in [3.05, 3.63) is 39.9 Å². The standard InChI is InChI=1S/C15H15N3O5S/c1-9(19)22-8-11-3-2-10(7-23-11)17-14-13(18(20)21)6-16-12-4-5-24-15(12)14/h2-6,10-11H,7-8H2,1H3,(H,16,17). The maximum absolute atomic E-state index is 11.3. The molecule has 0 amide bonds. The van der Waals surface area contributed by atoms with Crippen LogP contribution in [-0.2, 0) is 14.3 Å². The van der Waals surface area contributed by atoms with Crippen molar-refractivity contribution in [1.29, 1.82) is 0 Å². The fraction of sp³-hybridized carbons (Fsp3) is 0.333. The number of nitro groups is 1. The molecule has 1 aliphatic rings. The molecule has 0 spiro atoms. The van der Waals surface area contributed by atoms with E-state index < -0.39 is 4.92 Å². The van der Waals surface area contributed by atoms with Crippen LogP contribution >= 0.6 is 11.3 Å². The number of hydrogen-bond donors (Lipinski definition) is 1. The first kappa shape index (κ1) is 16.3. The number of rotatable bonds is 5. The van der Waals surface area contributed by atoms with Gasteiger partial charge in [0.15, 0.2) is 0 Å². The molecular formula is C15H15N3O5S. The van der Waals surface area contributed by atoms with Crippen LogP contribution in [0.3, 0.4) is 0 Å². The van der Waals surface area contributed by atoms with Gasteiger partial charge in [0, 0.05) is 6.92 Å². The lowest BCUT2D eigenvalue weighted by Crippen LogP contribution is -2.33. The van der Waals surface area contributed by atoms with Crippen molar-refractivity contribution in [2.24, 2.45) is 0 Å². The molecule has 1 aliphatic heterocycles. The van der Waals surface area contributed by atoms with Gasteiger partial charge in [0.1, 0.15) is 24.6 Å². The average Bonchev–Trinajstić information content (AvgIpc) is 3.03. The van der Waals surface area contributed by atoms with Crippen molar-refractivity contribution in [2.75, 3.05) is 18.5 Å². The summed E-state index contributed by atoms with van der Waals surface area (Å²) in [6.07, 6.45) is 4.60. The summed E-state index contributed by atoms with van der Waals surface area (Å²) < 4.78 is 11.2. The predicted octanol–water partition coefficient (Wildman–Crippen LogP) is 2.50. The molecule has 8 nitrogen and oxygen atoms in total. The summed E-state index contributed by atoms with van der Waals surface area (Å²) >= 11 is 1.39. The molecule has 0 saturated carbocycles. The lowest BCUT2D eigenvalue weighted by atomic mass is 10.1. The number of anilines is 1. The van der Waals surface area contributed by atoms with Gasteiger partial charge < -0.3 is 14.8 Å². The van der Waals surface area contributed by atoms with Crippen LogP contribution in [0.1, 0.15) is 6.92 Å². The average molecular weight is 349 g/mol. The van der Waals surface area contributed by atoms with Crippen molar-refractivity contribution >= 4 is 38.9 Å². The first-order chi connectivity index (χ1) is 11.5. The quantitative estimate of drug-likeness (QED) is 0.383. The number of fused-ring (bicyclic) bond motifs is 1. The molecule has 1 N–H and O–H groups in total. The van der Waals surface area contributed by atoms with Crippen molar-refractivity contribution in [3.63, 3.8) is 0 Å². The van der Waals surface area contributed by atoms with Crippen molar-refractivity contribution < 1.29 is 19.2 Å².